The second kappa shape index (κ2) is 5.20. The summed E-state index contributed by atoms with van der Waals surface area (Å²) in [4.78, 5) is 11.6. The summed E-state index contributed by atoms with van der Waals surface area (Å²) >= 11 is 0. The van der Waals surface area contributed by atoms with Gasteiger partial charge in [-0.2, -0.15) is 5.26 Å². The molecule has 102 valence electrons. The molecule has 0 radical (unpaired) electrons. The molecule has 0 unspecified atom stereocenters. The predicted molar refractivity (Wildman–Crippen MR) is 82.0 cm³/mol. The Hall–Kier alpha value is -1.96. The molecule has 2 rings (SSSR count). The molecular weight excluding hydrogens is 255 g/mol. The minimum Gasteiger partial charge on any atom is -0.368 e. The summed E-state index contributed by atoms with van der Waals surface area (Å²) in [6, 6.07) is 3.79. The van der Waals surface area contributed by atoms with E-state index < -0.39 is 17.3 Å². The van der Waals surface area contributed by atoms with E-state index in [4.69, 9.17) is 0 Å². The maximum Gasteiger partial charge on any atom is 0.253 e. The van der Waals surface area contributed by atoms with Crippen LogP contribution in [0, 0.1) is 17.1 Å². The van der Waals surface area contributed by atoms with E-state index in [2.05, 4.69) is 16.7 Å². The van der Waals surface area contributed by atoms with Crippen LogP contribution in [0.25, 0.3) is 0 Å². The Morgan fingerprint density at radius 1 is 1.50 bits per heavy atom. The first kappa shape index (κ1) is 14.4. The molecule has 1 amide bonds. The Kier molecular flexibility index (Phi) is 3.76. The summed E-state index contributed by atoms with van der Waals surface area (Å²) in [6.45, 7) is 0. The third-order valence-electron chi connectivity index (χ3n) is 3.95. The van der Waals surface area contributed by atoms with Crippen molar-refractivity contribution < 1.29 is 9.18 Å². The molecular formula is C13H16B2FN3O. The Morgan fingerprint density at radius 2 is 2.15 bits per heavy atom. The third-order valence-corrected chi connectivity index (χ3v) is 3.95. The van der Waals surface area contributed by atoms with Crippen LogP contribution in [-0.2, 0) is 0 Å². The smallest absolute Gasteiger partial charge is 0.253 e. The van der Waals surface area contributed by atoms with Crippen molar-refractivity contribution in [3.63, 3.8) is 0 Å². The predicted octanol–water partition coefficient (Wildman–Crippen LogP) is -1.44. The van der Waals surface area contributed by atoms with Gasteiger partial charge in [-0.05, 0) is 24.7 Å². The topological polar surface area (TPSA) is 64.9 Å². The molecule has 4 nitrogen and oxygen atoms in total. The molecule has 0 bridgehead atoms. The quantitative estimate of drug-likeness (QED) is 0.662. The highest BCUT2D eigenvalue weighted by atomic mass is 19.1. The van der Waals surface area contributed by atoms with Crippen LogP contribution in [0.4, 0.5) is 10.1 Å². The van der Waals surface area contributed by atoms with Crippen LogP contribution in [0.5, 0.6) is 0 Å². The minimum absolute atomic E-state index is 0.0349. The van der Waals surface area contributed by atoms with Gasteiger partial charge in [0.25, 0.3) is 5.91 Å². The summed E-state index contributed by atoms with van der Waals surface area (Å²) in [5, 5.41) is 14.9. The normalized spacial score (nSPS) is 15.8. The Bertz CT molecular complexity index is 609. The van der Waals surface area contributed by atoms with Gasteiger partial charge in [-0.3, -0.25) is 4.79 Å². The first-order valence-electron chi connectivity index (χ1n) is 6.65. The summed E-state index contributed by atoms with van der Waals surface area (Å²) in [5.41, 5.74) is 1.22. The average molecular weight is 271 g/mol. The Balaban J connectivity index is 2.43. The van der Waals surface area contributed by atoms with Gasteiger partial charge in [0.2, 0.25) is 0 Å². The maximum absolute atomic E-state index is 14.3. The molecule has 1 saturated carbocycles. The van der Waals surface area contributed by atoms with Crippen molar-refractivity contribution in [3.05, 3.63) is 17.4 Å². The first-order valence-corrected chi connectivity index (χ1v) is 6.65. The van der Waals surface area contributed by atoms with E-state index in [1.54, 1.807) is 7.85 Å². The van der Waals surface area contributed by atoms with Gasteiger partial charge in [0.15, 0.2) is 0 Å². The van der Waals surface area contributed by atoms with E-state index in [-0.39, 0.29) is 5.56 Å². The standard InChI is InChI=1S/C13H16B2FN3O/c1-18-12(20)7-5-8(14)11(9(15)10(7)16)19-13(6-17)3-2-4-13/h5,19H,2-4,14-15H2,1H3,(H,18,20). The molecule has 20 heavy (non-hydrogen) atoms. The highest BCUT2D eigenvalue weighted by Crippen LogP contribution is 2.34. The van der Waals surface area contributed by atoms with Gasteiger partial charge in [0, 0.05) is 12.7 Å². The molecule has 1 aromatic carbocycles. The zero-order valence-corrected chi connectivity index (χ0v) is 11.9. The molecule has 1 aliphatic rings. The van der Waals surface area contributed by atoms with Crippen LogP contribution >= 0.6 is 0 Å². The molecule has 2 N–H and O–H groups in total. The molecule has 1 fully saturated rings. The van der Waals surface area contributed by atoms with E-state index >= 15 is 0 Å². The van der Waals surface area contributed by atoms with Crippen LogP contribution < -0.4 is 21.6 Å². The number of nitrogens with zero attached hydrogens (tertiary/aromatic N) is 1. The van der Waals surface area contributed by atoms with Gasteiger partial charge in [0.05, 0.1) is 11.6 Å². The van der Waals surface area contributed by atoms with E-state index in [0.29, 0.717) is 11.2 Å². The maximum atomic E-state index is 14.3. The summed E-state index contributed by atoms with van der Waals surface area (Å²) in [5.74, 6) is -0.983. The molecule has 0 saturated heterocycles. The number of carbonyl (C=O) groups is 1. The number of hydrogen-bond donors (Lipinski definition) is 2. The average Bonchev–Trinajstić information content (AvgIpc) is 2.40. The number of nitriles is 1. The fraction of sp³-hybridized carbons (Fsp3) is 0.385. The van der Waals surface area contributed by atoms with Crippen LogP contribution in [0.3, 0.4) is 0 Å². The zero-order chi connectivity index (χ0) is 14.9. The molecule has 0 heterocycles. The first-order chi connectivity index (χ1) is 9.44. The van der Waals surface area contributed by atoms with Crippen molar-refractivity contribution in [1.29, 1.82) is 5.26 Å². The van der Waals surface area contributed by atoms with E-state index in [1.165, 1.54) is 13.1 Å². The summed E-state index contributed by atoms with van der Waals surface area (Å²) < 4.78 is 14.3. The number of carbonyl (C=O) groups excluding carboxylic acids is 1. The molecule has 0 atom stereocenters. The number of rotatable bonds is 3. The van der Waals surface area contributed by atoms with Crippen molar-refractivity contribution in [2.45, 2.75) is 24.8 Å². The molecule has 7 heteroatoms. The Labute approximate surface area is 119 Å². The largest absolute Gasteiger partial charge is 0.368 e. The minimum atomic E-state index is -0.587. The number of amides is 1. The number of hydrogen-bond acceptors (Lipinski definition) is 3. The summed E-state index contributed by atoms with van der Waals surface area (Å²) in [6.07, 6.45) is 2.53. The molecule has 0 spiro atoms. The van der Waals surface area contributed by atoms with Crippen LogP contribution in [0.2, 0.25) is 0 Å². The number of anilines is 1. The van der Waals surface area contributed by atoms with Gasteiger partial charge in [0.1, 0.15) is 27.0 Å². The number of benzene rings is 1. The monoisotopic (exact) mass is 271 g/mol. The zero-order valence-electron chi connectivity index (χ0n) is 11.9. The molecule has 0 aliphatic heterocycles. The highest BCUT2D eigenvalue weighted by molar-refractivity contribution is 6.44. The number of halogens is 1. The second-order valence-corrected chi connectivity index (χ2v) is 5.31. The van der Waals surface area contributed by atoms with Gasteiger partial charge >= 0.3 is 0 Å². The SMILES string of the molecule is Bc1cc(C(=O)NC)c(F)c(B)c1NC1(C#N)CCC1. The van der Waals surface area contributed by atoms with E-state index in [0.717, 1.165) is 24.7 Å². The van der Waals surface area contributed by atoms with E-state index in [9.17, 15) is 14.4 Å². The Morgan fingerprint density at radius 3 is 2.60 bits per heavy atom. The lowest BCUT2D eigenvalue weighted by Gasteiger charge is -2.38. The second-order valence-electron chi connectivity index (χ2n) is 5.31. The van der Waals surface area contributed by atoms with Crippen molar-refractivity contribution in [2.75, 3.05) is 12.4 Å². The highest BCUT2D eigenvalue weighted by Gasteiger charge is 2.38. The van der Waals surface area contributed by atoms with Crippen molar-refractivity contribution in [2.24, 2.45) is 0 Å². The van der Waals surface area contributed by atoms with E-state index in [1.807, 2.05) is 7.85 Å². The van der Waals surface area contributed by atoms with Gasteiger partial charge in [-0.1, -0.05) is 11.5 Å². The number of nitrogens with one attached hydrogen (secondary N) is 2. The lowest BCUT2D eigenvalue weighted by molar-refractivity contribution is 0.0959. The van der Waals surface area contributed by atoms with Crippen LogP contribution in [-0.4, -0.2) is 34.2 Å². The van der Waals surface area contributed by atoms with Gasteiger partial charge in [-0.25, -0.2) is 4.39 Å². The third kappa shape index (κ3) is 2.26. The van der Waals surface area contributed by atoms with Gasteiger partial charge < -0.3 is 10.6 Å². The van der Waals surface area contributed by atoms with Crippen molar-refractivity contribution in [1.82, 2.24) is 5.32 Å². The van der Waals surface area contributed by atoms with Crippen molar-refractivity contribution in [3.8, 4) is 6.07 Å². The molecule has 1 aromatic rings. The van der Waals surface area contributed by atoms with Gasteiger partial charge in [-0.15, -0.1) is 0 Å². The van der Waals surface area contributed by atoms with Crippen molar-refractivity contribution >= 4 is 38.2 Å². The fourth-order valence-corrected chi connectivity index (χ4v) is 2.49. The van der Waals surface area contributed by atoms with Crippen LogP contribution in [0.15, 0.2) is 6.07 Å². The fourth-order valence-electron chi connectivity index (χ4n) is 2.49. The lowest BCUT2D eigenvalue weighted by Crippen LogP contribution is -2.47. The van der Waals surface area contributed by atoms with Crippen LogP contribution in [0.1, 0.15) is 29.6 Å². The lowest BCUT2D eigenvalue weighted by atomic mass is 9.75. The summed E-state index contributed by atoms with van der Waals surface area (Å²) in [7, 11) is 4.91. The molecule has 0 aromatic heterocycles. The molecule has 1 aliphatic carbocycles.